The van der Waals surface area contributed by atoms with E-state index < -0.39 is 11.7 Å². The first-order valence-corrected chi connectivity index (χ1v) is 9.69. The molecule has 0 bridgehead atoms. The van der Waals surface area contributed by atoms with E-state index in [4.69, 9.17) is 11.6 Å². The topological polar surface area (TPSA) is 81.8 Å². The number of hydrogen-bond acceptors (Lipinski definition) is 4. The Balaban J connectivity index is 1.55. The van der Waals surface area contributed by atoms with Crippen molar-refractivity contribution < 1.29 is 9.18 Å². The zero-order valence-electron chi connectivity index (χ0n) is 15.5. The van der Waals surface area contributed by atoms with Crippen molar-refractivity contribution in [2.45, 2.75) is 38.4 Å². The minimum Gasteiger partial charge on any atom is -0.351 e. The molecule has 1 amide bonds. The molecule has 1 N–H and O–H groups in total. The molecule has 0 saturated carbocycles. The van der Waals surface area contributed by atoms with Gasteiger partial charge in [0.15, 0.2) is 0 Å². The Hall–Kier alpha value is -3.00. The number of pyridine rings is 1. The van der Waals surface area contributed by atoms with Crippen LogP contribution in [0.25, 0.3) is 0 Å². The monoisotopic (exact) mass is 415 g/mol. The first-order valence-electron chi connectivity index (χ1n) is 9.31. The molecular formula is C20H19ClFN5O2. The third-order valence-corrected chi connectivity index (χ3v) is 5.36. The maximum atomic E-state index is 13.3. The summed E-state index contributed by atoms with van der Waals surface area (Å²) in [6.45, 7) is 1.01. The highest BCUT2D eigenvalue weighted by atomic mass is 35.5. The van der Waals surface area contributed by atoms with E-state index in [-0.39, 0.29) is 23.2 Å². The molecule has 0 fully saturated rings. The molecule has 1 aliphatic rings. The summed E-state index contributed by atoms with van der Waals surface area (Å²) in [4.78, 5) is 29.5. The average Bonchev–Trinajstić information content (AvgIpc) is 3.05. The van der Waals surface area contributed by atoms with Gasteiger partial charge in [-0.1, -0.05) is 17.7 Å². The van der Waals surface area contributed by atoms with Crippen LogP contribution in [0.1, 0.15) is 35.7 Å². The van der Waals surface area contributed by atoms with Gasteiger partial charge in [0, 0.05) is 30.5 Å². The fourth-order valence-corrected chi connectivity index (χ4v) is 3.71. The van der Waals surface area contributed by atoms with Crippen LogP contribution in [0.15, 0.2) is 47.5 Å². The van der Waals surface area contributed by atoms with Gasteiger partial charge in [-0.05, 0) is 48.2 Å². The Bertz CT molecular complexity index is 1100. The van der Waals surface area contributed by atoms with E-state index >= 15 is 0 Å². The fraction of sp³-hybridized carbons (Fsp3) is 0.300. The molecule has 7 nitrogen and oxygen atoms in total. The van der Waals surface area contributed by atoms with Crippen molar-refractivity contribution in [3.05, 3.63) is 81.0 Å². The second-order valence-corrected chi connectivity index (χ2v) is 7.36. The van der Waals surface area contributed by atoms with Crippen LogP contribution in [-0.2, 0) is 24.4 Å². The highest BCUT2D eigenvalue weighted by molar-refractivity contribution is 6.31. The Morgan fingerprint density at radius 3 is 2.83 bits per heavy atom. The lowest BCUT2D eigenvalue weighted by molar-refractivity contribution is -0.123. The molecule has 2 aromatic heterocycles. The van der Waals surface area contributed by atoms with Crippen LogP contribution in [0.4, 0.5) is 4.39 Å². The standard InChI is InChI=1S/C20H19ClFN5O2/c21-17-10-15(22)4-3-14(17)12-27-20(29)26-9-1-2-16(18(26)25-27)19(28)24-11-13-5-7-23-8-6-13/h3-8,10,16H,1-2,9,11-12H2,(H,24,28). The van der Waals surface area contributed by atoms with Crippen molar-refractivity contribution in [3.8, 4) is 0 Å². The van der Waals surface area contributed by atoms with E-state index in [1.54, 1.807) is 12.4 Å². The van der Waals surface area contributed by atoms with Crippen LogP contribution in [0.2, 0.25) is 5.02 Å². The number of amides is 1. The molecule has 1 aromatic carbocycles. The molecule has 0 saturated heterocycles. The zero-order chi connectivity index (χ0) is 20.4. The molecule has 1 aliphatic heterocycles. The first-order chi connectivity index (χ1) is 14.0. The van der Waals surface area contributed by atoms with E-state index in [1.807, 2.05) is 12.1 Å². The van der Waals surface area contributed by atoms with Crippen LogP contribution in [0.3, 0.4) is 0 Å². The largest absolute Gasteiger partial charge is 0.351 e. The Kier molecular flexibility index (Phi) is 5.44. The number of rotatable bonds is 5. The van der Waals surface area contributed by atoms with Crippen molar-refractivity contribution in [1.29, 1.82) is 0 Å². The van der Waals surface area contributed by atoms with Crippen LogP contribution in [0.5, 0.6) is 0 Å². The highest BCUT2D eigenvalue weighted by Gasteiger charge is 2.31. The predicted octanol–water partition coefficient (Wildman–Crippen LogP) is 2.47. The molecule has 4 rings (SSSR count). The number of aromatic nitrogens is 4. The lowest BCUT2D eigenvalue weighted by Crippen LogP contribution is -2.35. The number of nitrogens with zero attached hydrogens (tertiary/aromatic N) is 4. The summed E-state index contributed by atoms with van der Waals surface area (Å²) in [5.74, 6) is -0.657. The number of fused-ring (bicyclic) bond motifs is 1. The summed E-state index contributed by atoms with van der Waals surface area (Å²) in [6, 6.07) is 7.68. The van der Waals surface area contributed by atoms with Gasteiger partial charge < -0.3 is 5.32 Å². The maximum absolute atomic E-state index is 13.3. The number of nitrogens with one attached hydrogen (secondary N) is 1. The first kappa shape index (κ1) is 19.3. The second kappa shape index (κ2) is 8.16. The molecule has 3 heterocycles. The van der Waals surface area contributed by atoms with E-state index in [2.05, 4.69) is 15.4 Å². The van der Waals surface area contributed by atoms with E-state index in [9.17, 15) is 14.0 Å². The summed E-state index contributed by atoms with van der Waals surface area (Å²) in [6.07, 6.45) is 4.67. The number of hydrogen-bond donors (Lipinski definition) is 1. The molecule has 0 spiro atoms. The van der Waals surface area contributed by atoms with Gasteiger partial charge in [0.2, 0.25) is 5.91 Å². The normalized spacial score (nSPS) is 15.7. The number of benzene rings is 1. The number of halogens is 2. The summed E-state index contributed by atoms with van der Waals surface area (Å²) in [5.41, 5.74) is 1.23. The molecule has 3 aromatic rings. The second-order valence-electron chi connectivity index (χ2n) is 6.95. The van der Waals surface area contributed by atoms with Crippen molar-refractivity contribution in [3.63, 3.8) is 0 Å². The molecule has 150 valence electrons. The highest BCUT2D eigenvalue weighted by Crippen LogP contribution is 2.25. The van der Waals surface area contributed by atoms with E-state index in [1.165, 1.54) is 27.4 Å². The Morgan fingerprint density at radius 2 is 2.07 bits per heavy atom. The van der Waals surface area contributed by atoms with Gasteiger partial charge in [0.1, 0.15) is 11.6 Å². The van der Waals surface area contributed by atoms with Gasteiger partial charge in [-0.15, -0.1) is 0 Å². The number of carbonyl (C=O) groups is 1. The van der Waals surface area contributed by atoms with Crippen LogP contribution in [0, 0.1) is 5.82 Å². The Labute approximate surface area is 171 Å². The minimum absolute atomic E-state index is 0.114. The van der Waals surface area contributed by atoms with Gasteiger partial charge in [-0.3, -0.25) is 14.3 Å². The van der Waals surface area contributed by atoms with Gasteiger partial charge in [0.05, 0.1) is 12.5 Å². The summed E-state index contributed by atoms with van der Waals surface area (Å²) in [7, 11) is 0. The Morgan fingerprint density at radius 1 is 1.28 bits per heavy atom. The lowest BCUT2D eigenvalue weighted by Gasteiger charge is -2.21. The smallest absolute Gasteiger partial charge is 0.346 e. The lowest BCUT2D eigenvalue weighted by atomic mass is 9.98. The van der Waals surface area contributed by atoms with Crippen LogP contribution < -0.4 is 11.0 Å². The van der Waals surface area contributed by atoms with Gasteiger partial charge in [0.25, 0.3) is 0 Å². The number of carbonyl (C=O) groups excluding carboxylic acids is 1. The molecule has 9 heteroatoms. The SMILES string of the molecule is O=C(NCc1ccncc1)C1CCCn2c1nn(Cc1ccc(F)cc1Cl)c2=O. The molecule has 1 unspecified atom stereocenters. The van der Waals surface area contributed by atoms with Gasteiger partial charge in [-0.2, -0.15) is 5.10 Å². The third-order valence-electron chi connectivity index (χ3n) is 5.01. The summed E-state index contributed by atoms with van der Waals surface area (Å²) in [5, 5.41) is 7.55. The molecule has 0 aliphatic carbocycles. The zero-order valence-corrected chi connectivity index (χ0v) is 16.3. The molecular weight excluding hydrogens is 397 g/mol. The quantitative estimate of drug-likeness (QED) is 0.694. The van der Waals surface area contributed by atoms with E-state index in [0.29, 0.717) is 37.3 Å². The molecule has 1 atom stereocenters. The summed E-state index contributed by atoms with van der Waals surface area (Å²) >= 11 is 6.08. The molecule has 0 radical (unpaired) electrons. The fourth-order valence-electron chi connectivity index (χ4n) is 3.48. The minimum atomic E-state index is -0.497. The molecule has 29 heavy (non-hydrogen) atoms. The van der Waals surface area contributed by atoms with Gasteiger partial charge >= 0.3 is 5.69 Å². The average molecular weight is 416 g/mol. The van der Waals surface area contributed by atoms with Gasteiger partial charge in [-0.25, -0.2) is 13.9 Å². The summed E-state index contributed by atoms with van der Waals surface area (Å²) < 4.78 is 16.1. The van der Waals surface area contributed by atoms with Crippen molar-refractivity contribution >= 4 is 17.5 Å². The van der Waals surface area contributed by atoms with Crippen molar-refractivity contribution in [2.24, 2.45) is 0 Å². The third kappa shape index (κ3) is 4.07. The maximum Gasteiger partial charge on any atom is 0.346 e. The van der Waals surface area contributed by atoms with Crippen LogP contribution >= 0.6 is 11.6 Å². The van der Waals surface area contributed by atoms with Crippen molar-refractivity contribution in [2.75, 3.05) is 0 Å². The van der Waals surface area contributed by atoms with Crippen molar-refractivity contribution in [1.82, 2.24) is 24.6 Å². The van der Waals surface area contributed by atoms with Crippen LogP contribution in [-0.4, -0.2) is 25.2 Å². The predicted molar refractivity (Wildman–Crippen MR) is 105 cm³/mol. The van der Waals surface area contributed by atoms with E-state index in [0.717, 1.165) is 5.56 Å².